The van der Waals surface area contributed by atoms with Crippen LogP contribution in [0.25, 0.3) is 0 Å². The molecule has 0 aromatic heterocycles. The van der Waals surface area contributed by atoms with Crippen LogP contribution >= 0.6 is 11.6 Å². The van der Waals surface area contributed by atoms with Gasteiger partial charge in [-0.3, -0.25) is 4.79 Å². The molecule has 0 unspecified atom stereocenters. The van der Waals surface area contributed by atoms with Gasteiger partial charge < -0.3 is 14.7 Å². The minimum atomic E-state index is -0.0163. The third kappa shape index (κ3) is 3.69. The topological polar surface area (TPSA) is 49.8 Å². The summed E-state index contributed by atoms with van der Waals surface area (Å²) in [5, 5.41) is 9.68. The summed E-state index contributed by atoms with van der Waals surface area (Å²) in [6.45, 7) is 0.249. The van der Waals surface area contributed by atoms with E-state index in [9.17, 15) is 9.90 Å². The van der Waals surface area contributed by atoms with Crippen molar-refractivity contribution in [3.63, 3.8) is 0 Å². The fourth-order valence-electron chi connectivity index (χ4n) is 2.88. The first-order valence-corrected chi connectivity index (χ1v) is 7.66. The number of nitrogens with zero attached hydrogens (tertiary/aromatic N) is 1. The van der Waals surface area contributed by atoms with Crippen LogP contribution in [0, 0.1) is 5.92 Å². The van der Waals surface area contributed by atoms with E-state index in [1.165, 1.54) is 7.11 Å². The van der Waals surface area contributed by atoms with Crippen LogP contribution in [0.2, 0.25) is 5.02 Å². The Bertz CT molecular complexity index is 498. The summed E-state index contributed by atoms with van der Waals surface area (Å²) in [5.41, 5.74) is 0.586. The number of amides is 1. The van der Waals surface area contributed by atoms with E-state index in [1.807, 2.05) is 7.05 Å². The highest BCUT2D eigenvalue weighted by Gasteiger charge is 2.27. The van der Waals surface area contributed by atoms with Gasteiger partial charge in [-0.05, 0) is 49.8 Å². The number of benzene rings is 1. The molecule has 1 fully saturated rings. The van der Waals surface area contributed by atoms with E-state index in [0.717, 1.165) is 25.7 Å². The van der Waals surface area contributed by atoms with Gasteiger partial charge in [-0.1, -0.05) is 11.6 Å². The summed E-state index contributed by atoms with van der Waals surface area (Å²) in [6, 6.07) is 5.33. The molecule has 0 bridgehead atoms. The van der Waals surface area contributed by atoms with Crippen molar-refractivity contribution in [2.75, 3.05) is 20.8 Å². The van der Waals surface area contributed by atoms with Crippen molar-refractivity contribution in [2.24, 2.45) is 5.92 Å². The Morgan fingerprint density at radius 1 is 1.38 bits per heavy atom. The summed E-state index contributed by atoms with van der Waals surface area (Å²) in [4.78, 5) is 14.4. The summed E-state index contributed by atoms with van der Waals surface area (Å²) >= 11 is 5.99. The van der Waals surface area contributed by atoms with Crippen molar-refractivity contribution in [2.45, 2.75) is 31.7 Å². The average Bonchev–Trinajstić information content (AvgIpc) is 2.54. The monoisotopic (exact) mass is 311 g/mol. The van der Waals surface area contributed by atoms with Crippen LogP contribution in [0.3, 0.4) is 0 Å². The Balaban J connectivity index is 2.05. The third-order valence-electron chi connectivity index (χ3n) is 4.34. The van der Waals surface area contributed by atoms with Crippen LogP contribution in [0.4, 0.5) is 0 Å². The van der Waals surface area contributed by atoms with Crippen molar-refractivity contribution in [3.05, 3.63) is 28.8 Å². The Labute approximate surface area is 130 Å². The summed E-state index contributed by atoms with van der Waals surface area (Å²) in [7, 11) is 3.38. The molecule has 1 aliphatic rings. The van der Waals surface area contributed by atoms with E-state index in [1.54, 1.807) is 23.1 Å². The quantitative estimate of drug-likeness (QED) is 0.930. The number of aliphatic hydroxyl groups excluding tert-OH is 1. The molecule has 1 N–H and O–H groups in total. The molecule has 116 valence electrons. The van der Waals surface area contributed by atoms with Crippen molar-refractivity contribution in [1.82, 2.24) is 4.90 Å². The maximum Gasteiger partial charge on any atom is 0.253 e. The number of hydrogen-bond acceptors (Lipinski definition) is 3. The second-order valence-electron chi connectivity index (χ2n) is 5.62. The minimum absolute atomic E-state index is 0.0163. The number of rotatable bonds is 4. The molecule has 1 saturated carbocycles. The molecule has 4 nitrogen and oxygen atoms in total. The van der Waals surface area contributed by atoms with Crippen LogP contribution < -0.4 is 4.74 Å². The zero-order valence-electron chi connectivity index (χ0n) is 12.5. The van der Waals surface area contributed by atoms with E-state index >= 15 is 0 Å². The Kier molecular flexibility index (Phi) is 5.48. The Morgan fingerprint density at radius 2 is 2.05 bits per heavy atom. The number of carbonyl (C=O) groups is 1. The first-order valence-electron chi connectivity index (χ1n) is 7.28. The van der Waals surface area contributed by atoms with Crippen molar-refractivity contribution in [1.29, 1.82) is 0 Å². The molecule has 21 heavy (non-hydrogen) atoms. The van der Waals surface area contributed by atoms with Gasteiger partial charge >= 0.3 is 0 Å². The SMILES string of the molecule is COc1cc(C(=O)N(C)C2CCC(CO)CC2)ccc1Cl. The highest BCUT2D eigenvalue weighted by molar-refractivity contribution is 6.32. The predicted molar refractivity (Wildman–Crippen MR) is 82.9 cm³/mol. The molecule has 0 saturated heterocycles. The number of aliphatic hydroxyl groups is 1. The lowest BCUT2D eigenvalue weighted by atomic mass is 9.86. The number of halogens is 1. The molecule has 0 spiro atoms. The van der Waals surface area contributed by atoms with Gasteiger partial charge in [0, 0.05) is 25.3 Å². The number of ether oxygens (including phenoxy) is 1. The van der Waals surface area contributed by atoms with E-state index in [4.69, 9.17) is 16.3 Å². The van der Waals surface area contributed by atoms with Gasteiger partial charge in [-0.2, -0.15) is 0 Å². The largest absolute Gasteiger partial charge is 0.495 e. The van der Waals surface area contributed by atoms with E-state index in [2.05, 4.69) is 0 Å². The smallest absolute Gasteiger partial charge is 0.253 e. The second kappa shape index (κ2) is 7.14. The fourth-order valence-corrected chi connectivity index (χ4v) is 3.07. The average molecular weight is 312 g/mol. The number of methoxy groups -OCH3 is 1. The van der Waals surface area contributed by atoms with Gasteiger partial charge in [0.25, 0.3) is 5.91 Å². The lowest BCUT2D eigenvalue weighted by molar-refractivity contribution is 0.0652. The predicted octanol–water partition coefficient (Wildman–Crippen LogP) is 2.97. The normalized spacial score (nSPS) is 21.9. The molecular formula is C16H22ClNO3. The highest BCUT2D eigenvalue weighted by Crippen LogP contribution is 2.29. The van der Waals surface area contributed by atoms with Crippen molar-refractivity contribution in [3.8, 4) is 5.75 Å². The van der Waals surface area contributed by atoms with Gasteiger partial charge in [0.15, 0.2) is 0 Å². The van der Waals surface area contributed by atoms with Crippen molar-refractivity contribution >= 4 is 17.5 Å². The molecule has 0 radical (unpaired) electrons. The molecule has 1 aliphatic carbocycles. The third-order valence-corrected chi connectivity index (χ3v) is 4.65. The summed E-state index contributed by atoms with van der Waals surface area (Å²) in [5.74, 6) is 0.887. The van der Waals surface area contributed by atoms with Gasteiger partial charge in [0.1, 0.15) is 5.75 Å². The van der Waals surface area contributed by atoms with Crippen LogP contribution in [-0.4, -0.2) is 42.7 Å². The molecule has 0 aliphatic heterocycles. The first kappa shape index (κ1) is 16.1. The van der Waals surface area contributed by atoms with Crippen LogP contribution in [0.15, 0.2) is 18.2 Å². The first-order chi connectivity index (χ1) is 10.1. The van der Waals surface area contributed by atoms with Gasteiger partial charge in [0.05, 0.1) is 12.1 Å². The molecule has 0 atom stereocenters. The van der Waals surface area contributed by atoms with E-state index < -0.39 is 0 Å². The molecule has 1 aromatic carbocycles. The minimum Gasteiger partial charge on any atom is -0.495 e. The number of hydrogen-bond donors (Lipinski definition) is 1. The van der Waals surface area contributed by atoms with E-state index in [0.29, 0.717) is 22.3 Å². The maximum atomic E-state index is 12.6. The zero-order valence-corrected chi connectivity index (χ0v) is 13.3. The summed E-state index contributed by atoms with van der Waals surface area (Å²) < 4.78 is 5.16. The fraction of sp³-hybridized carbons (Fsp3) is 0.562. The van der Waals surface area contributed by atoms with Gasteiger partial charge in [-0.15, -0.1) is 0 Å². The highest BCUT2D eigenvalue weighted by atomic mass is 35.5. The second-order valence-corrected chi connectivity index (χ2v) is 6.03. The molecule has 1 aromatic rings. The number of carbonyl (C=O) groups excluding carboxylic acids is 1. The molecule has 0 heterocycles. The Morgan fingerprint density at radius 3 is 2.62 bits per heavy atom. The molecule has 5 heteroatoms. The Hall–Kier alpha value is -1.26. The zero-order chi connectivity index (χ0) is 15.4. The standard InChI is InChI=1S/C16H22ClNO3/c1-18(13-6-3-11(10-19)4-7-13)16(20)12-5-8-14(17)15(9-12)21-2/h5,8-9,11,13,19H,3-4,6-7,10H2,1-2H3. The van der Waals surface area contributed by atoms with Crippen LogP contribution in [-0.2, 0) is 0 Å². The summed E-state index contributed by atoms with van der Waals surface area (Å²) in [6.07, 6.45) is 3.84. The van der Waals surface area contributed by atoms with Gasteiger partial charge in [-0.25, -0.2) is 0 Å². The van der Waals surface area contributed by atoms with Crippen LogP contribution in [0.5, 0.6) is 5.75 Å². The van der Waals surface area contributed by atoms with E-state index in [-0.39, 0.29) is 18.6 Å². The molecular weight excluding hydrogens is 290 g/mol. The van der Waals surface area contributed by atoms with Gasteiger partial charge in [0.2, 0.25) is 0 Å². The maximum absolute atomic E-state index is 12.6. The van der Waals surface area contributed by atoms with Crippen LogP contribution in [0.1, 0.15) is 36.0 Å². The lowest BCUT2D eigenvalue weighted by Crippen LogP contribution is -2.39. The lowest BCUT2D eigenvalue weighted by Gasteiger charge is -2.34. The van der Waals surface area contributed by atoms with Crippen molar-refractivity contribution < 1.29 is 14.6 Å². The molecule has 1 amide bonds. The molecule has 2 rings (SSSR count).